The van der Waals surface area contributed by atoms with E-state index in [9.17, 15) is 22.8 Å². The van der Waals surface area contributed by atoms with E-state index < -0.39 is 44.9 Å². The first kappa shape index (κ1) is 17.4. The molecule has 1 unspecified atom stereocenters. The molecule has 110 valence electrons. The SMILES string of the molecule is CC(C)(C(=O)NC(CCC(=O)O)C(=O)O)S(C)(=O)=O. The Bertz CT molecular complexity index is 480. The van der Waals surface area contributed by atoms with Crippen LogP contribution in [0.3, 0.4) is 0 Å². The summed E-state index contributed by atoms with van der Waals surface area (Å²) in [5, 5.41) is 19.3. The standard InChI is InChI=1S/C10H17NO7S/c1-10(2,19(3,17)18)9(16)11-6(8(14)15)4-5-7(12)13/h6H,4-5H2,1-3H3,(H,11,16)(H,12,13)(H,14,15). The van der Waals surface area contributed by atoms with Crippen molar-refractivity contribution in [3.05, 3.63) is 0 Å². The van der Waals surface area contributed by atoms with Crippen LogP contribution >= 0.6 is 0 Å². The third-order valence-electron chi connectivity index (χ3n) is 2.72. The number of hydrogen-bond acceptors (Lipinski definition) is 5. The molecule has 0 aromatic carbocycles. The summed E-state index contributed by atoms with van der Waals surface area (Å²) in [6.45, 7) is 2.29. The van der Waals surface area contributed by atoms with Gasteiger partial charge >= 0.3 is 11.9 Å². The molecule has 3 N–H and O–H groups in total. The van der Waals surface area contributed by atoms with Crippen molar-refractivity contribution in [3.63, 3.8) is 0 Å². The predicted molar refractivity (Wildman–Crippen MR) is 65.4 cm³/mol. The number of sulfone groups is 1. The first-order valence-electron chi connectivity index (χ1n) is 5.34. The van der Waals surface area contributed by atoms with Crippen LogP contribution in [0.5, 0.6) is 0 Å². The Morgan fingerprint density at radius 2 is 1.68 bits per heavy atom. The molecule has 0 bridgehead atoms. The van der Waals surface area contributed by atoms with Gasteiger partial charge in [0.1, 0.15) is 10.8 Å². The number of rotatable bonds is 7. The summed E-state index contributed by atoms with van der Waals surface area (Å²) in [5.74, 6) is -3.60. The first-order valence-corrected chi connectivity index (χ1v) is 7.24. The fourth-order valence-corrected chi connectivity index (χ4v) is 1.42. The maximum atomic E-state index is 11.8. The van der Waals surface area contributed by atoms with E-state index >= 15 is 0 Å². The number of carboxylic acids is 2. The number of amides is 1. The van der Waals surface area contributed by atoms with E-state index in [2.05, 4.69) is 0 Å². The Kier molecular flexibility index (Phi) is 5.48. The molecule has 1 amide bonds. The van der Waals surface area contributed by atoms with Crippen LogP contribution in [0.1, 0.15) is 26.7 Å². The van der Waals surface area contributed by atoms with E-state index in [-0.39, 0.29) is 6.42 Å². The van der Waals surface area contributed by atoms with Gasteiger partial charge < -0.3 is 15.5 Å². The van der Waals surface area contributed by atoms with Gasteiger partial charge in [-0.2, -0.15) is 0 Å². The Balaban J connectivity index is 4.92. The minimum absolute atomic E-state index is 0.323. The lowest BCUT2D eigenvalue weighted by Crippen LogP contribution is -2.52. The summed E-state index contributed by atoms with van der Waals surface area (Å²) < 4.78 is 21.0. The van der Waals surface area contributed by atoms with Crippen molar-refractivity contribution < 1.29 is 33.0 Å². The molecule has 0 spiro atoms. The molecular weight excluding hydrogens is 278 g/mol. The van der Waals surface area contributed by atoms with Crippen molar-refractivity contribution in [1.82, 2.24) is 5.32 Å². The van der Waals surface area contributed by atoms with Crippen LogP contribution in [0.4, 0.5) is 0 Å². The smallest absolute Gasteiger partial charge is 0.326 e. The van der Waals surface area contributed by atoms with Crippen LogP contribution in [0.2, 0.25) is 0 Å². The zero-order valence-electron chi connectivity index (χ0n) is 10.8. The highest BCUT2D eigenvalue weighted by Gasteiger charge is 2.40. The lowest BCUT2D eigenvalue weighted by molar-refractivity contribution is -0.143. The largest absolute Gasteiger partial charge is 0.481 e. The first-order chi connectivity index (χ1) is 8.39. The molecule has 0 heterocycles. The van der Waals surface area contributed by atoms with Gasteiger partial charge in [-0.15, -0.1) is 0 Å². The van der Waals surface area contributed by atoms with Crippen molar-refractivity contribution in [2.24, 2.45) is 0 Å². The highest BCUT2D eigenvalue weighted by molar-refractivity contribution is 7.92. The molecule has 0 saturated heterocycles. The summed E-state index contributed by atoms with van der Waals surface area (Å²) >= 11 is 0. The fraction of sp³-hybridized carbons (Fsp3) is 0.700. The number of carbonyl (C=O) groups excluding carboxylic acids is 1. The summed E-state index contributed by atoms with van der Waals surface area (Å²) in [6.07, 6.45) is 0.0897. The molecule has 0 aliphatic carbocycles. The molecule has 0 fully saturated rings. The van der Waals surface area contributed by atoms with Gasteiger partial charge in [-0.25, -0.2) is 13.2 Å². The average Bonchev–Trinajstić information content (AvgIpc) is 2.21. The Labute approximate surface area is 110 Å². The minimum atomic E-state index is -3.73. The summed E-state index contributed by atoms with van der Waals surface area (Å²) in [4.78, 5) is 33.0. The average molecular weight is 295 g/mol. The Morgan fingerprint density at radius 1 is 1.21 bits per heavy atom. The third kappa shape index (κ3) is 4.86. The summed E-state index contributed by atoms with van der Waals surface area (Å²) in [7, 11) is -3.73. The van der Waals surface area contributed by atoms with E-state index in [0.29, 0.717) is 0 Å². The van der Waals surface area contributed by atoms with E-state index in [4.69, 9.17) is 10.2 Å². The second-order valence-corrected chi connectivity index (χ2v) is 7.14. The molecule has 0 aliphatic rings. The molecule has 9 heteroatoms. The van der Waals surface area contributed by atoms with Crippen LogP contribution < -0.4 is 5.32 Å². The second-order valence-electron chi connectivity index (χ2n) is 4.58. The van der Waals surface area contributed by atoms with Crippen LogP contribution in [-0.2, 0) is 24.2 Å². The number of hydrogen-bond donors (Lipinski definition) is 3. The predicted octanol–water partition coefficient (Wildman–Crippen LogP) is -0.756. The molecule has 0 radical (unpaired) electrons. The van der Waals surface area contributed by atoms with E-state index in [1.807, 2.05) is 5.32 Å². The fourth-order valence-electron chi connectivity index (χ4n) is 1.03. The molecule has 0 rings (SSSR count). The topological polar surface area (TPSA) is 138 Å². The van der Waals surface area contributed by atoms with Gasteiger partial charge in [0.15, 0.2) is 9.84 Å². The van der Waals surface area contributed by atoms with Gasteiger partial charge in [-0.1, -0.05) is 0 Å². The monoisotopic (exact) mass is 295 g/mol. The van der Waals surface area contributed by atoms with Crippen molar-refractivity contribution in [1.29, 1.82) is 0 Å². The van der Waals surface area contributed by atoms with Gasteiger partial charge in [-0.3, -0.25) is 9.59 Å². The van der Waals surface area contributed by atoms with E-state index in [0.717, 1.165) is 20.1 Å². The van der Waals surface area contributed by atoms with Crippen molar-refractivity contribution in [2.75, 3.05) is 6.26 Å². The molecule has 0 aromatic heterocycles. The molecule has 0 aromatic rings. The van der Waals surface area contributed by atoms with Crippen molar-refractivity contribution in [2.45, 2.75) is 37.5 Å². The van der Waals surface area contributed by atoms with Gasteiger partial charge in [0, 0.05) is 12.7 Å². The van der Waals surface area contributed by atoms with E-state index in [1.54, 1.807) is 0 Å². The highest BCUT2D eigenvalue weighted by atomic mass is 32.2. The van der Waals surface area contributed by atoms with Crippen LogP contribution in [0.25, 0.3) is 0 Å². The molecule has 1 atom stereocenters. The van der Waals surface area contributed by atoms with Gasteiger partial charge in [0.2, 0.25) is 5.91 Å². The van der Waals surface area contributed by atoms with Crippen molar-refractivity contribution >= 4 is 27.7 Å². The van der Waals surface area contributed by atoms with Crippen LogP contribution in [0, 0.1) is 0 Å². The van der Waals surface area contributed by atoms with Gasteiger partial charge in [0.05, 0.1) is 0 Å². The minimum Gasteiger partial charge on any atom is -0.481 e. The van der Waals surface area contributed by atoms with Gasteiger partial charge in [-0.05, 0) is 20.3 Å². The normalized spacial score (nSPS) is 13.6. The number of carbonyl (C=O) groups is 3. The summed E-state index contributed by atoms with van der Waals surface area (Å²) in [5.41, 5.74) is 0. The lowest BCUT2D eigenvalue weighted by Gasteiger charge is -2.24. The lowest BCUT2D eigenvalue weighted by atomic mass is 10.1. The zero-order valence-corrected chi connectivity index (χ0v) is 11.7. The van der Waals surface area contributed by atoms with Crippen LogP contribution in [-0.4, -0.2) is 53.5 Å². The number of nitrogens with one attached hydrogen (secondary N) is 1. The van der Waals surface area contributed by atoms with E-state index in [1.165, 1.54) is 0 Å². The molecule has 0 saturated carbocycles. The quantitative estimate of drug-likeness (QED) is 0.561. The highest BCUT2D eigenvalue weighted by Crippen LogP contribution is 2.15. The second kappa shape index (κ2) is 6.00. The molecule has 0 aliphatic heterocycles. The molecule has 8 nitrogen and oxygen atoms in total. The third-order valence-corrected chi connectivity index (χ3v) is 4.76. The van der Waals surface area contributed by atoms with Crippen LogP contribution in [0.15, 0.2) is 0 Å². The van der Waals surface area contributed by atoms with Gasteiger partial charge in [0.25, 0.3) is 0 Å². The number of carboxylic acid groups (broad SMARTS) is 2. The molecular formula is C10H17NO7S. The Morgan fingerprint density at radius 3 is 2.00 bits per heavy atom. The maximum Gasteiger partial charge on any atom is 0.326 e. The Hall–Kier alpha value is -1.64. The maximum absolute atomic E-state index is 11.8. The molecule has 19 heavy (non-hydrogen) atoms. The number of aliphatic carboxylic acids is 2. The van der Waals surface area contributed by atoms with Crippen molar-refractivity contribution in [3.8, 4) is 0 Å². The zero-order chi connectivity index (χ0) is 15.4. The summed E-state index contributed by atoms with van der Waals surface area (Å²) in [6, 6.07) is -1.44.